The molecule has 182 valence electrons. The Bertz CT molecular complexity index is 1200. The van der Waals surface area contributed by atoms with Gasteiger partial charge in [-0.2, -0.15) is 0 Å². The lowest BCUT2D eigenvalue weighted by Crippen LogP contribution is -2.39. The van der Waals surface area contributed by atoms with Crippen LogP contribution in [-0.2, 0) is 6.54 Å². The van der Waals surface area contributed by atoms with Crippen LogP contribution in [0.15, 0.2) is 60.7 Å². The van der Waals surface area contributed by atoms with E-state index in [-0.39, 0.29) is 12.1 Å². The lowest BCUT2D eigenvalue weighted by atomic mass is 9.81. The summed E-state index contributed by atoms with van der Waals surface area (Å²) in [6.07, 6.45) is 0. The molecule has 6 rings (SSSR count). The van der Waals surface area contributed by atoms with Gasteiger partial charge in [0.15, 0.2) is 11.5 Å². The maximum absolute atomic E-state index is 5.95. The van der Waals surface area contributed by atoms with Crippen molar-refractivity contribution in [1.82, 2.24) is 10.9 Å². The highest BCUT2D eigenvalue weighted by Gasteiger charge is 2.44. The van der Waals surface area contributed by atoms with E-state index in [2.05, 4.69) is 64.3 Å². The Hall–Kier alpha value is -3.42. The molecule has 3 heterocycles. The van der Waals surface area contributed by atoms with Gasteiger partial charge in [0.2, 0.25) is 0 Å². The fourth-order valence-corrected chi connectivity index (χ4v) is 5.53. The molecule has 7 nitrogen and oxygen atoms in total. The molecule has 3 atom stereocenters. The largest absolute Gasteiger partial charge is 0.496 e. The van der Waals surface area contributed by atoms with Crippen molar-refractivity contribution in [3.63, 3.8) is 0 Å². The van der Waals surface area contributed by atoms with Crippen molar-refractivity contribution in [3.8, 4) is 23.0 Å². The lowest BCUT2D eigenvalue weighted by molar-refractivity contribution is 0.171. The lowest BCUT2D eigenvalue weighted by Gasteiger charge is -2.40. The number of benzene rings is 3. The Kier molecular flexibility index (Phi) is 5.88. The third-order valence-electron chi connectivity index (χ3n) is 7.15. The first-order chi connectivity index (χ1) is 17.2. The van der Waals surface area contributed by atoms with Crippen LogP contribution in [-0.4, -0.2) is 33.5 Å². The van der Waals surface area contributed by atoms with E-state index < -0.39 is 0 Å². The van der Waals surface area contributed by atoms with Crippen molar-refractivity contribution < 1.29 is 18.9 Å². The number of hydrogen-bond donors (Lipinski definition) is 2. The molecule has 3 unspecified atom stereocenters. The first-order valence-electron chi connectivity index (χ1n) is 12.3. The van der Waals surface area contributed by atoms with Gasteiger partial charge in [0.25, 0.3) is 0 Å². The second-order valence-electron chi connectivity index (χ2n) is 9.16. The van der Waals surface area contributed by atoms with Gasteiger partial charge >= 0.3 is 0 Å². The molecule has 0 aromatic heterocycles. The topological polar surface area (TPSA) is 64.2 Å². The van der Waals surface area contributed by atoms with E-state index in [0.29, 0.717) is 25.7 Å². The minimum atomic E-state index is 0.159. The van der Waals surface area contributed by atoms with Crippen molar-refractivity contribution in [2.45, 2.75) is 25.6 Å². The highest BCUT2D eigenvalue weighted by molar-refractivity contribution is 5.66. The number of anilines is 1. The third kappa shape index (κ3) is 4.05. The number of hydrogen-bond acceptors (Lipinski definition) is 7. The van der Waals surface area contributed by atoms with E-state index in [1.54, 1.807) is 7.11 Å². The molecule has 0 saturated carbocycles. The van der Waals surface area contributed by atoms with Crippen LogP contribution in [0.25, 0.3) is 0 Å². The summed E-state index contributed by atoms with van der Waals surface area (Å²) in [5.74, 6) is 3.75. The zero-order chi connectivity index (χ0) is 23.8. The van der Waals surface area contributed by atoms with E-state index in [0.717, 1.165) is 41.7 Å². The third-order valence-corrected chi connectivity index (χ3v) is 7.15. The van der Waals surface area contributed by atoms with Crippen molar-refractivity contribution in [2.24, 2.45) is 5.92 Å². The molecule has 7 heteroatoms. The molecular formula is C28H31N3O4. The molecule has 3 aliphatic rings. The van der Waals surface area contributed by atoms with Gasteiger partial charge in [0, 0.05) is 36.3 Å². The fraction of sp³-hybridized carbons (Fsp3) is 0.357. The summed E-state index contributed by atoms with van der Waals surface area (Å²) >= 11 is 0. The average molecular weight is 474 g/mol. The summed E-state index contributed by atoms with van der Waals surface area (Å²) in [5, 5.41) is 0. The van der Waals surface area contributed by atoms with Gasteiger partial charge in [-0.05, 0) is 42.3 Å². The molecular weight excluding hydrogens is 442 g/mol. The summed E-state index contributed by atoms with van der Waals surface area (Å²) in [6, 6.07) is 21.3. The maximum atomic E-state index is 5.95. The number of methoxy groups -OCH3 is 1. The zero-order valence-electron chi connectivity index (χ0n) is 20.1. The molecule has 3 aromatic rings. The SMILES string of the molecule is CCOc1ccc(C2NNC3c4cc5c(cc4N(Cc4ccccc4OC)CC23)OCCO5)cc1. The van der Waals surface area contributed by atoms with Crippen LogP contribution in [0.4, 0.5) is 5.69 Å². The molecule has 0 amide bonds. The predicted molar refractivity (Wildman–Crippen MR) is 134 cm³/mol. The van der Waals surface area contributed by atoms with Gasteiger partial charge in [0.05, 0.1) is 25.8 Å². The van der Waals surface area contributed by atoms with Crippen LogP contribution in [0.1, 0.15) is 35.7 Å². The first-order valence-corrected chi connectivity index (χ1v) is 12.3. The van der Waals surface area contributed by atoms with Crippen LogP contribution in [0.2, 0.25) is 0 Å². The van der Waals surface area contributed by atoms with Crippen LogP contribution in [0.5, 0.6) is 23.0 Å². The summed E-state index contributed by atoms with van der Waals surface area (Å²) in [5.41, 5.74) is 12.0. The number of nitrogens with one attached hydrogen (secondary N) is 2. The zero-order valence-corrected chi connectivity index (χ0v) is 20.1. The van der Waals surface area contributed by atoms with Crippen LogP contribution in [0, 0.1) is 5.92 Å². The molecule has 35 heavy (non-hydrogen) atoms. The number of rotatable bonds is 6. The Morgan fingerprint density at radius 1 is 0.943 bits per heavy atom. The minimum absolute atomic E-state index is 0.159. The van der Waals surface area contributed by atoms with E-state index in [9.17, 15) is 0 Å². The van der Waals surface area contributed by atoms with Crippen molar-refractivity contribution in [1.29, 1.82) is 0 Å². The highest BCUT2D eigenvalue weighted by atomic mass is 16.6. The molecule has 0 aliphatic carbocycles. The van der Waals surface area contributed by atoms with E-state index in [1.165, 1.54) is 16.8 Å². The number of hydrazine groups is 1. The summed E-state index contributed by atoms with van der Waals surface area (Å²) in [4.78, 5) is 2.45. The van der Waals surface area contributed by atoms with Crippen molar-refractivity contribution in [2.75, 3.05) is 38.4 Å². The van der Waals surface area contributed by atoms with Gasteiger partial charge < -0.3 is 23.8 Å². The fourth-order valence-electron chi connectivity index (χ4n) is 5.53. The average Bonchev–Trinajstić information content (AvgIpc) is 3.33. The number of ether oxygens (including phenoxy) is 4. The number of nitrogens with zero attached hydrogens (tertiary/aromatic N) is 1. The minimum Gasteiger partial charge on any atom is -0.496 e. The normalized spacial score (nSPS) is 22.3. The molecule has 3 aromatic carbocycles. The Morgan fingerprint density at radius 3 is 2.46 bits per heavy atom. The maximum Gasteiger partial charge on any atom is 0.163 e. The van der Waals surface area contributed by atoms with Crippen molar-refractivity contribution >= 4 is 5.69 Å². The Morgan fingerprint density at radius 2 is 1.69 bits per heavy atom. The van der Waals surface area contributed by atoms with Gasteiger partial charge in [0.1, 0.15) is 24.7 Å². The predicted octanol–water partition coefficient (Wildman–Crippen LogP) is 4.39. The standard InChI is InChI=1S/C28H31N3O4/c1-3-33-20-10-8-18(9-11-20)27-22-17-31(16-19-6-4-5-7-24(19)32-2)23-15-26-25(34-12-13-35-26)14-21(23)28(22)30-29-27/h4-11,14-15,22,27-30H,3,12-13,16-17H2,1-2H3. The molecule has 0 radical (unpaired) electrons. The van der Waals surface area contributed by atoms with Crippen LogP contribution in [0.3, 0.4) is 0 Å². The van der Waals surface area contributed by atoms with E-state index >= 15 is 0 Å². The monoisotopic (exact) mass is 473 g/mol. The summed E-state index contributed by atoms with van der Waals surface area (Å²) < 4.78 is 23.2. The van der Waals surface area contributed by atoms with Gasteiger partial charge in [-0.3, -0.25) is 0 Å². The van der Waals surface area contributed by atoms with Gasteiger partial charge in [-0.15, -0.1) is 0 Å². The Balaban J connectivity index is 1.37. The second-order valence-corrected chi connectivity index (χ2v) is 9.16. The summed E-state index contributed by atoms with van der Waals surface area (Å²) in [6.45, 7) is 5.45. The van der Waals surface area contributed by atoms with E-state index in [4.69, 9.17) is 18.9 Å². The van der Waals surface area contributed by atoms with Crippen LogP contribution < -0.4 is 34.7 Å². The molecule has 0 spiro atoms. The molecule has 1 fully saturated rings. The summed E-state index contributed by atoms with van der Waals surface area (Å²) in [7, 11) is 1.73. The number of fused-ring (bicyclic) bond motifs is 4. The second kappa shape index (κ2) is 9.32. The molecule has 0 bridgehead atoms. The molecule has 3 aliphatic heterocycles. The smallest absolute Gasteiger partial charge is 0.163 e. The van der Waals surface area contributed by atoms with E-state index in [1.807, 2.05) is 19.1 Å². The highest BCUT2D eigenvalue weighted by Crippen LogP contribution is 2.49. The number of para-hydroxylation sites is 1. The van der Waals surface area contributed by atoms with Crippen LogP contribution >= 0.6 is 0 Å². The van der Waals surface area contributed by atoms with Gasteiger partial charge in [-0.1, -0.05) is 30.3 Å². The van der Waals surface area contributed by atoms with Gasteiger partial charge in [-0.25, -0.2) is 10.9 Å². The molecule has 1 saturated heterocycles. The first kappa shape index (κ1) is 22.1. The Labute approximate surface area is 205 Å². The molecule has 2 N–H and O–H groups in total. The van der Waals surface area contributed by atoms with Crippen molar-refractivity contribution in [3.05, 3.63) is 77.4 Å². The quantitative estimate of drug-likeness (QED) is 0.550.